The second-order valence-electron chi connectivity index (χ2n) is 10.1. The SMILES string of the molecule is C=C(c1ccc(C2CCCC2)cc1)C1COC2(OO1)C1CC3CC(C1)CC2C3. The van der Waals surface area contributed by atoms with Crippen molar-refractivity contribution < 1.29 is 14.5 Å². The summed E-state index contributed by atoms with van der Waals surface area (Å²) >= 11 is 0. The third-order valence-electron chi connectivity index (χ3n) is 8.53. The lowest BCUT2D eigenvalue weighted by Gasteiger charge is -2.60. The number of hydrogen-bond donors (Lipinski definition) is 0. The van der Waals surface area contributed by atoms with Crippen molar-refractivity contribution in [2.45, 2.75) is 75.6 Å². The summed E-state index contributed by atoms with van der Waals surface area (Å²) in [5, 5.41) is 0. The molecule has 1 saturated heterocycles. The first kappa shape index (κ1) is 17.7. The molecule has 3 heteroatoms. The molecule has 0 radical (unpaired) electrons. The molecule has 4 bridgehead atoms. The molecule has 0 aromatic heterocycles. The summed E-state index contributed by atoms with van der Waals surface area (Å²) in [5.41, 5.74) is 3.58. The molecule has 7 rings (SSSR count). The fourth-order valence-corrected chi connectivity index (χ4v) is 7.18. The summed E-state index contributed by atoms with van der Waals surface area (Å²) in [6, 6.07) is 8.96. The molecule has 1 aliphatic heterocycles. The van der Waals surface area contributed by atoms with E-state index in [1.165, 1.54) is 63.4 Å². The van der Waals surface area contributed by atoms with Crippen LogP contribution in [0.4, 0.5) is 0 Å². The molecule has 5 saturated carbocycles. The monoisotopic (exact) mass is 380 g/mol. The molecule has 1 aromatic rings. The Hall–Kier alpha value is -1.16. The van der Waals surface area contributed by atoms with Gasteiger partial charge in [-0.05, 0) is 79.4 Å². The van der Waals surface area contributed by atoms with Crippen LogP contribution in [-0.2, 0) is 14.5 Å². The van der Waals surface area contributed by atoms with Gasteiger partial charge in [0.25, 0.3) is 0 Å². The molecule has 3 nitrogen and oxygen atoms in total. The summed E-state index contributed by atoms with van der Waals surface area (Å²) in [7, 11) is 0. The van der Waals surface area contributed by atoms with Gasteiger partial charge in [0, 0.05) is 11.8 Å². The van der Waals surface area contributed by atoms with E-state index in [1.807, 2.05) is 0 Å². The highest BCUT2D eigenvalue weighted by Crippen LogP contribution is 2.60. The van der Waals surface area contributed by atoms with Gasteiger partial charge < -0.3 is 4.74 Å². The first-order valence-electron chi connectivity index (χ1n) is 11.5. The van der Waals surface area contributed by atoms with Crippen molar-refractivity contribution in [1.82, 2.24) is 0 Å². The first-order valence-corrected chi connectivity index (χ1v) is 11.5. The second-order valence-corrected chi connectivity index (χ2v) is 10.1. The summed E-state index contributed by atoms with van der Waals surface area (Å²) in [5.74, 6) is 3.10. The normalized spacial score (nSPS) is 42.4. The second kappa shape index (κ2) is 6.68. The zero-order valence-electron chi connectivity index (χ0n) is 16.8. The van der Waals surface area contributed by atoms with Gasteiger partial charge in [0.1, 0.15) is 6.10 Å². The molecule has 0 N–H and O–H groups in total. The van der Waals surface area contributed by atoms with Gasteiger partial charge >= 0.3 is 0 Å². The predicted molar refractivity (Wildman–Crippen MR) is 108 cm³/mol. The zero-order chi connectivity index (χ0) is 18.7. The van der Waals surface area contributed by atoms with E-state index in [0.29, 0.717) is 18.4 Å². The third kappa shape index (κ3) is 2.74. The Bertz CT molecular complexity index is 708. The summed E-state index contributed by atoms with van der Waals surface area (Å²) in [6.45, 7) is 4.88. The highest BCUT2D eigenvalue weighted by Gasteiger charge is 2.61. The lowest BCUT2D eigenvalue weighted by Crippen LogP contribution is -2.63. The molecular weight excluding hydrogens is 348 g/mol. The summed E-state index contributed by atoms with van der Waals surface area (Å²) < 4.78 is 6.49. The van der Waals surface area contributed by atoms with Gasteiger partial charge in [-0.25, -0.2) is 4.89 Å². The average Bonchev–Trinajstić information content (AvgIpc) is 3.27. The van der Waals surface area contributed by atoms with Crippen molar-refractivity contribution >= 4 is 5.57 Å². The van der Waals surface area contributed by atoms with Gasteiger partial charge in [-0.3, -0.25) is 0 Å². The number of benzene rings is 1. The smallest absolute Gasteiger partial charge is 0.207 e. The molecular formula is C25H32O3. The minimum atomic E-state index is -0.476. The van der Waals surface area contributed by atoms with E-state index < -0.39 is 5.79 Å². The van der Waals surface area contributed by atoms with E-state index >= 15 is 0 Å². The molecule has 5 aliphatic carbocycles. The van der Waals surface area contributed by atoms with E-state index in [9.17, 15) is 0 Å². The van der Waals surface area contributed by atoms with Gasteiger partial charge in [-0.2, -0.15) is 4.89 Å². The molecule has 28 heavy (non-hydrogen) atoms. The van der Waals surface area contributed by atoms with Crippen LogP contribution in [0, 0.1) is 23.7 Å². The van der Waals surface area contributed by atoms with E-state index in [2.05, 4.69) is 30.8 Å². The molecule has 0 amide bonds. The Morgan fingerprint density at radius 1 is 0.893 bits per heavy atom. The fraction of sp³-hybridized carbons (Fsp3) is 0.680. The van der Waals surface area contributed by atoms with Crippen LogP contribution in [-0.4, -0.2) is 18.5 Å². The third-order valence-corrected chi connectivity index (χ3v) is 8.53. The molecule has 1 heterocycles. The molecule has 1 unspecified atom stereocenters. The summed E-state index contributed by atoms with van der Waals surface area (Å²) in [6.07, 6.45) is 11.6. The maximum atomic E-state index is 6.49. The molecule has 6 aliphatic rings. The fourth-order valence-electron chi connectivity index (χ4n) is 7.18. The van der Waals surface area contributed by atoms with Crippen LogP contribution in [0.2, 0.25) is 0 Å². The van der Waals surface area contributed by atoms with Gasteiger partial charge in [-0.1, -0.05) is 43.7 Å². The maximum Gasteiger partial charge on any atom is 0.207 e. The van der Waals surface area contributed by atoms with Gasteiger partial charge in [0.05, 0.1) is 6.61 Å². The zero-order valence-corrected chi connectivity index (χ0v) is 16.8. The lowest BCUT2D eigenvalue weighted by atomic mass is 9.53. The van der Waals surface area contributed by atoms with Gasteiger partial charge in [0.2, 0.25) is 5.79 Å². The lowest BCUT2D eigenvalue weighted by molar-refractivity contribution is -0.517. The van der Waals surface area contributed by atoms with Crippen LogP contribution in [0.5, 0.6) is 0 Å². The van der Waals surface area contributed by atoms with E-state index in [-0.39, 0.29) is 6.10 Å². The van der Waals surface area contributed by atoms with Crippen molar-refractivity contribution in [1.29, 1.82) is 0 Å². The number of ether oxygens (including phenoxy) is 1. The Balaban J connectivity index is 1.13. The van der Waals surface area contributed by atoms with Crippen LogP contribution in [0.1, 0.15) is 74.8 Å². The average molecular weight is 381 g/mol. The molecule has 6 fully saturated rings. The van der Waals surface area contributed by atoms with Crippen LogP contribution >= 0.6 is 0 Å². The van der Waals surface area contributed by atoms with Crippen molar-refractivity contribution in [3.05, 3.63) is 42.0 Å². The maximum absolute atomic E-state index is 6.49. The Labute approximate surface area is 168 Å². The minimum absolute atomic E-state index is 0.208. The van der Waals surface area contributed by atoms with Crippen LogP contribution < -0.4 is 0 Å². The number of hydrogen-bond acceptors (Lipinski definition) is 3. The van der Waals surface area contributed by atoms with Crippen molar-refractivity contribution in [2.75, 3.05) is 6.61 Å². The standard InChI is InChI=1S/C25H32O3/c1-16(19-6-8-21(9-7-19)20-4-2-3-5-20)24-15-26-25(28-27-24)22-11-17-10-18(13-22)14-23(25)12-17/h6-9,17-18,20,22-24H,1-5,10-15H2. The Morgan fingerprint density at radius 3 is 2.11 bits per heavy atom. The van der Waals surface area contributed by atoms with Crippen molar-refractivity contribution in [3.8, 4) is 0 Å². The van der Waals surface area contributed by atoms with E-state index in [4.69, 9.17) is 14.5 Å². The predicted octanol–water partition coefficient (Wildman–Crippen LogP) is 5.86. The van der Waals surface area contributed by atoms with Crippen LogP contribution in [0.3, 0.4) is 0 Å². The van der Waals surface area contributed by atoms with Crippen molar-refractivity contribution in [3.63, 3.8) is 0 Å². The van der Waals surface area contributed by atoms with Crippen molar-refractivity contribution in [2.24, 2.45) is 23.7 Å². The van der Waals surface area contributed by atoms with Gasteiger partial charge in [0.15, 0.2) is 0 Å². The minimum Gasteiger partial charge on any atom is -0.344 e. The number of rotatable bonds is 3. The largest absolute Gasteiger partial charge is 0.344 e. The topological polar surface area (TPSA) is 27.7 Å². The molecule has 150 valence electrons. The van der Waals surface area contributed by atoms with Gasteiger partial charge in [-0.15, -0.1) is 0 Å². The molecule has 1 spiro atoms. The molecule has 1 atom stereocenters. The quantitative estimate of drug-likeness (QED) is 0.615. The highest BCUT2D eigenvalue weighted by atomic mass is 17.2. The highest BCUT2D eigenvalue weighted by molar-refractivity contribution is 5.67. The molecule has 1 aromatic carbocycles. The Morgan fingerprint density at radius 2 is 1.54 bits per heavy atom. The van der Waals surface area contributed by atoms with Crippen LogP contribution in [0.15, 0.2) is 30.8 Å². The first-order chi connectivity index (χ1) is 13.7. The van der Waals surface area contributed by atoms with Crippen LogP contribution in [0.25, 0.3) is 5.57 Å². The van der Waals surface area contributed by atoms with E-state index in [0.717, 1.165) is 28.9 Å². The van der Waals surface area contributed by atoms with E-state index in [1.54, 1.807) is 0 Å². The summed E-state index contributed by atoms with van der Waals surface area (Å²) in [4.78, 5) is 12.1. The Kier molecular flexibility index (Phi) is 4.22.